The molecule has 1 aromatic heterocycles. The van der Waals surface area contributed by atoms with Gasteiger partial charge in [-0.3, -0.25) is 0 Å². The van der Waals surface area contributed by atoms with Crippen LogP contribution < -0.4 is 10.5 Å². The molecule has 1 saturated heterocycles. The highest BCUT2D eigenvalue weighted by Crippen LogP contribution is 2.35. The first-order valence-corrected chi connectivity index (χ1v) is 8.67. The maximum atomic E-state index is 12.7. The van der Waals surface area contributed by atoms with Gasteiger partial charge >= 0.3 is 0 Å². The lowest BCUT2D eigenvalue weighted by atomic mass is 9.93. The van der Waals surface area contributed by atoms with Crippen molar-refractivity contribution in [2.45, 2.75) is 30.0 Å². The van der Waals surface area contributed by atoms with E-state index >= 15 is 0 Å². The van der Waals surface area contributed by atoms with E-state index in [1.54, 1.807) is 15.8 Å². The highest BCUT2D eigenvalue weighted by molar-refractivity contribution is 7.91. The van der Waals surface area contributed by atoms with Gasteiger partial charge in [-0.05, 0) is 30.2 Å². The number of hydrogen-bond acceptors (Lipinski definition) is 5. The van der Waals surface area contributed by atoms with E-state index in [0.717, 1.165) is 12.8 Å². The third-order valence-corrected chi connectivity index (χ3v) is 7.01. The van der Waals surface area contributed by atoms with Crippen LogP contribution in [0.3, 0.4) is 0 Å². The average Bonchev–Trinajstić information content (AvgIpc) is 2.87. The molecule has 0 aliphatic carbocycles. The Balaban J connectivity index is 2.38. The van der Waals surface area contributed by atoms with E-state index in [0.29, 0.717) is 24.8 Å². The number of methoxy groups -OCH3 is 1. The van der Waals surface area contributed by atoms with Crippen LogP contribution in [0, 0.1) is 5.92 Å². The third kappa shape index (κ3) is 2.65. The Hall–Kier alpha value is -0.630. The van der Waals surface area contributed by atoms with Crippen molar-refractivity contribution in [1.29, 1.82) is 0 Å². The predicted octanol–water partition coefficient (Wildman–Crippen LogP) is 1.50. The summed E-state index contributed by atoms with van der Waals surface area (Å²) in [7, 11) is -2.02. The highest BCUT2D eigenvalue weighted by Gasteiger charge is 2.38. The molecule has 1 aromatic rings. The van der Waals surface area contributed by atoms with Gasteiger partial charge in [-0.25, -0.2) is 8.42 Å². The van der Waals surface area contributed by atoms with Crippen molar-refractivity contribution in [3.63, 3.8) is 0 Å². The summed E-state index contributed by atoms with van der Waals surface area (Å²) in [5, 5.41) is 1.73. The highest BCUT2D eigenvalue weighted by atomic mass is 32.2. The summed E-state index contributed by atoms with van der Waals surface area (Å²) < 4.78 is 32.5. The Bertz CT molecular complexity index is 527. The first-order valence-electron chi connectivity index (χ1n) is 6.35. The van der Waals surface area contributed by atoms with Crippen LogP contribution in [0.4, 0.5) is 0 Å². The Morgan fingerprint density at radius 3 is 2.95 bits per heavy atom. The fourth-order valence-electron chi connectivity index (χ4n) is 2.59. The molecule has 5 nitrogen and oxygen atoms in total. The minimum absolute atomic E-state index is 0.120. The van der Waals surface area contributed by atoms with E-state index < -0.39 is 10.0 Å². The molecule has 2 N–H and O–H groups in total. The topological polar surface area (TPSA) is 72.6 Å². The van der Waals surface area contributed by atoms with Gasteiger partial charge in [-0.15, -0.1) is 11.3 Å². The average molecular weight is 304 g/mol. The van der Waals surface area contributed by atoms with E-state index in [9.17, 15) is 8.42 Å². The summed E-state index contributed by atoms with van der Waals surface area (Å²) in [5.41, 5.74) is 5.77. The number of thiophene rings is 1. The largest absolute Gasteiger partial charge is 0.494 e. The van der Waals surface area contributed by atoms with Crippen LogP contribution in [0.25, 0.3) is 0 Å². The van der Waals surface area contributed by atoms with Crippen LogP contribution in [0.1, 0.15) is 19.8 Å². The zero-order valence-electron chi connectivity index (χ0n) is 11.2. The van der Waals surface area contributed by atoms with E-state index in [1.807, 2.05) is 0 Å². The first kappa shape index (κ1) is 14.8. The number of ether oxygens (including phenoxy) is 1. The summed E-state index contributed by atoms with van der Waals surface area (Å²) in [4.78, 5) is 0. The lowest BCUT2D eigenvalue weighted by Crippen LogP contribution is -2.51. The summed E-state index contributed by atoms with van der Waals surface area (Å²) in [6.07, 6.45) is 1.90. The number of nitrogens with two attached hydrogens (primary N) is 1. The molecule has 0 aromatic carbocycles. The molecule has 0 spiro atoms. The van der Waals surface area contributed by atoms with Crippen molar-refractivity contribution in [1.82, 2.24) is 4.31 Å². The minimum atomic E-state index is -3.51. The molecule has 108 valence electrons. The van der Waals surface area contributed by atoms with Gasteiger partial charge in [0.15, 0.2) is 4.21 Å². The quantitative estimate of drug-likeness (QED) is 0.915. The van der Waals surface area contributed by atoms with Crippen molar-refractivity contribution in [2.24, 2.45) is 11.7 Å². The number of hydrogen-bond donors (Lipinski definition) is 1. The second-order valence-corrected chi connectivity index (χ2v) is 7.82. The van der Waals surface area contributed by atoms with Crippen molar-refractivity contribution >= 4 is 21.4 Å². The molecule has 0 unspecified atom stereocenters. The van der Waals surface area contributed by atoms with Gasteiger partial charge < -0.3 is 10.5 Å². The zero-order valence-corrected chi connectivity index (χ0v) is 12.8. The Kier molecular flexibility index (Phi) is 4.50. The van der Waals surface area contributed by atoms with Gasteiger partial charge in [0, 0.05) is 19.1 Å². The van der Waals surface area contributed by atoms with Gasteiger partial charge in [0.05, 0.1) is 7.11 Å². The maximum Gasteiger partial charge on any atom is 0.256 e. The lowest BCUT2D eigenvalue weighted by Gasteiger charge is -2.38. The smallest absolute Gasteiger partial charge is 0.256 e. The molecule has 1 aliphatic heterocycles. The second kappa shape index (κ2) is 5.78. The Labute approximate surface area is 118 Å². The maximum absolute atomic E-state index is 12.7. The predicted molar refractivity (Wildman–Crippen MR) is 76.0 cm³/mol. The molecule has 1 fully saturated rings. The normalized spacial score (nSPS) is 25.4. The van der Waals surface area contributed by atoms with Crippen molar-refractivity contribution in [3.8, 4) is 5.75 Å². The molecule has 2 atom stereocenters. The molecule has 0 radical (unpaired) electrons. The van der Waals surface area contributed by atoms with Crippen LogP contribution in [0.15, 0.2) is 15.7 Å². The van der Waals surface area contributed by atoms with Gasteiger partial charge in [0.25, 0.3) is 10.0 Å². The van der Waals surface area contributed by atoms with Crippen LogP contribution in [-0.2, 0) is 10.0 Å². The van der Waals surface area contributed by atoms with Gasteiger partial charge in [0.1, 0.15) is 5.75 Å². The fraction of sp³-hybridized carbons (Fsp3) is 0.667. The Morgan fingerprint density at radius 2 is 2.32 bits per heavy atom. The molecule has 0 amide bonds. The lowest BCUT2D eigenvalue weighted by molar-refractivity contribution is 0.192. The van der Waals surface area contributed by atoms with Crippen molar-refractivity contribution in [2.75, 3.05) is 20.2 Å². The molecular formula is C12H20N2O3S2. The number of nitrogens with zero attached hydrogens (tertiary/aromatic N) is 1. The van der Waals surface area contributed by atoms with Crippen LogP contribution in [0.5, 0.6) is 5.75 Å². The molecule has 0 saturated carbocycles. The van der Waals surface area contributed by atoms with E-state index in [4.69, 9.17) is 10.5 Å². The monoisotopic (exact) mass is 304 g/mol. The first-order chi connectivity index (χ1) is 9.02. The second-order valence-electron chi connectivity index (χ2n) is 4.81. The molecule has 2 rings (SSSR count). The minimum Gasteiger partial charge on any atom is -0.494 e. The zero-order chi connectivity index (χ0) is 14.0. The summed E-state index contributed by atoms with van der Waals surface area (Å²) in [5.74, 6) is 0.707. The molecule has 1 aliphatic rings. The number of piperidine rings is 1. The molecular weight excluding hydrogens is 284 g/mol. The van der Waals surface area contributed by atoms with Gasteiger partial charge in [0.2, 0.25) is 0 Å². The number of sulfonamides is 1. The summed E-state index contributed by atoms with van der Waals surface area (Å²) >= 11 is 1.19. The van der Waals surface area contributed by atoms with E-state index in [-0.39, 0.29) is 10.3 Å². The van der Waals surface area contributed by atoms with Crippen molar-refractivity contribution < 1.29 is 13.2 Å². The SMILES string of the molecule is COc1ccsc1S(=O)(=O)N1CCC[C@@H](C)[C@H]1CN. The molecule has 7 heteroatoms. The van der Waals surface area contributed by atoms with E-state index in [1.165, 1.54) is 18.4 Å². The van der Waals surface area contributed by atoms with Gasteiger partial charge in [-0.1, -0.05) is 6.92 Å². The Morgan fingerprint density at radius 1 is 1.58 bits per heavy atom. The van der Waals surface area contributed by atoms with Gasteiger partial charge in [-0.2, -0.15) is 4.31 Å². The summed E-state index contributed by atoms with van der Waals surface area (Å²) in [6, 6.07) is 1.56. The molecule has 19 heavy (non-hydrogen) atoms. The fourth-order valence-corrected chi connectivity index (χ4v) is 5.75. The standard InChI is InChI=1S/C12H20N2O3S2/c1-9-4-3-6-14(10(9)8-13)19(15,16)12-11(17-2)5-7-18-12/h5,7,9-10H,3-4,6,8,13H2,1-2H3/t9-,10-/m1/s1. The number of rotatable bonds is 4. The van der Waals surface area contributed by atoms with Crippen molar-refractivity contribution in [3.05, 3.63) is 11.4 Å². The summed E-state index contributed by atoms with van der Waals surface area (Å²) in [6.45, 7) is 2.95. The third-order valence-electron chi connectivity index (χ3n) is 3.66. The molecule has 0 bridgehead atoms. The molecule has 2 heterocycles. The van der Waals surface area contributed by atoms with Crippen LogP contribution >= 0.6 is 11.3 Å². The van der Waals surface area contributed by atoms with E-state index in [2.05, 4.69) is 6.92 Å². The van der Waals surface area contributed by atoms with Crippen LogP contribution in [0.2, 0.25) is 0 Å². The van der Waals surface area contributed by atoms with Crippen LogP contribution in [-0.4, -0.2) is 39.0 Å².